The van der Waals surface area contributed by atoms with Gasteiger partial charge in [0.1, 0.15) is 16.5 Å². The molecule has 4 aromatic rings. The van der Waals surface area contributed by atoms with Crippen molar-refractivity contribution >= 4 is 45.1 Å². The second-order valence-electron chi connectivity index (χ2n) is 10.2. The van der Waals surface area contributed by atoms with Crippen LogP contribution in [0.1, 0.15) is 15.3 Å². The van der Waals surface area contributed by atoms with E-state index in [2.05, 4.69) is 26.8 Å². The normalized spacial score (nSPS) is 14.5. The van der Waals surface area contributed by atoms with Crippen LogP contribution in [0.25, 0.3) is 15.7 Å². The Bertz CT molecular complexity index is 1670. The van der Waals surface area contributed by atoms with Gasteiger partial charge in [0.2, 0.25) is 5.75 Å². The van der Waals surface area contributed by atoms with E-state index < -0.39 is 28.9 Å². The minimum atomic E-state index is -0.794. The summed E-state index contributed by atoms with van der Waals surface area (Å²) in [5, 5.41) is 11.1. The Morgan fingerprint density at radius 2 is 1.80 bits per heavy atom. The molecule has 1 fully saturated rings. The largest absolute Gasteiger partial charge is 0.501 e. The second-order valence-corrected chi connectivity index (χ2v) is 12.4. The molecule has 41 heavy (non-hydrogen) atoms. The van der Waals surface area contributed by atoms with Crippen molar-refractivity contribution in [3.8, 4) is 16.5 Å². The Balaban J connectivity index is 1.40. The molecule has 3 aromatic heterocycles. The lowest BCUT2D eigenvalue weighted by atomic mass is 10.1. The lowest BCUT2D eigenvalue weighted by molar-refractivity contribution is -0.142. The number of carbonyl (C=O) groups excluding carboxylic acids is 2. The van der Waals surface area contributed by atoms with Crippen molar-refractivity contribution in [3.05, 3.63) is 62.1 Å². The molecule has 11 nitrogen and oxygen atoms in total. The smallest absolute Gasteiger partial charge is 0.316 e. The number of aromatic nitrogens is 3. The first-order chi connectivity index (χ1) is 19.5. The molecule has 0 unspecified atom stereocenters. The van der Waals surface area contributed by atoms with Crippen LogP contribution in [0.15, 0.2) is 35.4 Å². The number of aromatic hydroxyl groups is 1. The highest BCUT2D eigenvalue weighted by Crippen LogP contribution is 2.33. The van der Waals surface area contributed by atoms with Crippen LogP contribution in [0.4, 0.5) is 10.1 Å². The summed E-state index contributed by atoms with van der Waals surface area (Å²) in [6.45, 7) is 4.56. The molecular formula is C27H30FN7O4S2. The molecular weight excluding hydrogens is 569 g/mol. The Morgan fingerprint density at radius 3 is 2.51 bits per heavy atom. The zero-order valence-corrected chi connectivity index (χ0v) is 24.8. The number of carbonyl (C=O) groups is 2. The maximum Gasteiger partial charge on any atom is 0.316 e. The van der Waals surface area contributed by atoms with Crippen LogP contribution in [0.5, 0.6) is 5.75 Å². The van der Waals surface area contributed by atoms with Gasteiger partial charge in [0.05, 0.1) is 5.69 Å². The van der Waals surface area contributed by atoms with E-state index in [9.17, 15) is 23.9 Å². The van der Waals surface area contributed by atoms with Gasteiger partial charge in [0.15, 0.2) is 4.96 Å². The van der Waals surface area contributed by atoms with Crippen molar-refractivity contribution < 1.29 is 19.1 Å². The quantitative estimate of drug-likeness (QED) is 0.336. The van der Waals surface area contributed by atoms with Crippen LogP contribution in [-0.4, -0.2) is 100 Å². The third-order valence-electron chi connectivity index (χ3n) is 6.95. The van der Waals surface area contributed by atoms with E-state index in [0.717, 1.165) is 45.7 Å². The Kier molecular flexibility index (Phi) is 8.18. The van der Waals surface area contributed by atoms with Gasteiger partial charge in [-0.1, -0.05) is 17.4 Å². The van der Waals surface area contributed by atoms with Crippen molar-refractivity contribution in [3.63, 3.8) is 0 Å². The maximum atomic E-state index is 14.1. The number of piperazine rings is 1. The number of amides is 2. The van der Waals surface area contributed by atoms with E-state index in [-0.39, 0.29) is 17.8 Å². The fourth-order valence-electron chi connectivity index (χ4n) is 4.56. The molecule has 1 saturated heterocycles. The Labute approximate surface area is 243 Å². The molecule has 5 rings (SSSR count). The van der Waals surface area contributed by atoms with E-state index >= 15 is 0 Å². The van der Waals surface area contributed by atoms with Crippen molar-refractivity contribution in [2.24, 2.45) is 0 Å². The highest BCUT2D eigenvalue weighted by Gasteiger charge is 2.25. The molecule has 216 valence electrons. The number of rotatable bonds is 6. The molecule has 0 radical (unpaired) electrons. The molecule has 0 aliphatic carbocycles. The summed E-state index contributed by atoms with van der Waals surface area (Å²) >= 11 is 2.63. The van der Waals surface area contributed by atoms with E-state index in [4.69, 9.17) is 0 Å². The lowest BCUT2D eigenvalue weighted by Gasteiger charge is -2.31. The first-order valence-electron chi connectivity index (χ1n) is 12.9. The average Bonchev–Trinajstić information content (AvgIpc) is 3.58. The van der Waals surface area contributed by atoms with Gasteiger partial charge in [0.25, 0.3) is 0 Å². The highest BCUT2D eigenvalue weighted by molar-refractivity contribution is 7.17. The molecule has 14 heteroatoms. The fourth-order valence-corrected chi connectivity index (χ4v) is 6.49. The lowest BCUT2D eigenvalue weighted by Crippen LogP contribution is -2.43. The summed E-state index contributed by atoms with van der Waals surface area (Å²) in [4.78, 5) is 55.9. The number of fused-ring (bicyclic) bond motifs is 1. The number of benzene rings is 1. The number of anilines is 1. The average molecular weight is 600 g/mol. The van der Waals surface area contributed by atoms with Gasteiger partial charge < -0.3 is 19.8 Å². The molecule has 4 heterocycles. The molecule has 0 bridgehead atoms. The minimum Gasteiger partial charge on any atom is -0.501 e. The zero-order chi connectivity index (χ0) is 29.4. The molecule has 2 amide bonds. The summed E-state index contributed by atoms with van der Waals surface area (Å²) in [6.07, 6.45) is 3.60. The Hall–Kier alpha value is -3.72. The summed E-state index contributed by atoms with van der Waals surface area (Å²) in [5.74, 6) is -2.55. The SMILES string of the molecule is CN1CCN(Cc2cn3c(=O)c(O)c(-c4ncc(Cc5ccc(F)cc5N(C)C(=O)C(=O)N(C)C)s4)nc3s2)CC1. The van der Waals surface area contributed by atoms with Gasteiger partial charge in [-0.2, -0.15) is 0 Å². The van der Waals surface area contributed by atoms with Crippen LogP contribution in [0.3, 0.4) is 0 Å². The third-order valence-corrected chi connectivity index (χ3v) is 8.92. The molecule has 1 aliphatic heterocycles. The number of thiazole rings is 2. The number of hydrogen-bond acceptors (Lipinski definition) is 10. The topological polar surface area (TPSA) is 115 Å². The van der Waals surface area contributed by atoms with E-state index in [0.29, 0.717) is 22.1 Å². The van der Waals surface area contributed by atoms with Gasteiger partial charge in [-0.05, 0) is 24.7 Å². The monoisotopic (exact) mass is 599 g/mol. The third kappa shape index (κ3) is 6.00. The highest BCUT2D eigenvalue weighted by atomic mass is 32.1. The van der Waals surface area contributed by atoms with Crippen LogP contribution in [-0.2, 0) is 22.6 Å². The predicted octanol–water partition coefficient (Wildman–Crippen LogP) is 2.11. The molecule has 0 saturated carbocycles. The number of hydrogen-bond donors (Lipinski definition) is 1. The first-order valence-corrected chi connectivity index (χ1v) is 14.5. The fraction of sp³-hybridized carbons (Fsp3) is 0.370. The molecule has 0 spiro atoms. The second kappa shape index (κ2) is 11.6. The van der Waals surface area contributed by atoms with Crippen LogP contribution < -0.4 is 10.5 Å². The first kappa shape index (κ1) is 28.8. The molecule has 0 atom stereocenters. The van der Waals surface area contributed by atoms with Gasteiger partial charge in [-0.25, -0.2) is 14.4 Å². The number of likely N-dealkylation sites (N-methyl/N-ethyl adjacent to an activating group) is 3. The summed E-state index contributed by atoms with van der Waals surface area (Å²) in [6, 6.07) is 4.04. The number of nitrogens with zero attached hydrogens (tertiary/aromatic N) is 7. The van der Waals surface area contributed by atoms with E-state index in [1.54, 1.807) is 18.5 Å². The van der Waals surface area contributed by atoms with E-state index in [1.807, 2.05) is 0 Å². The summed E-state index contributed by atoms with van der Waals surface area (Å²) in [7, 11) is 6.46. The van der Waals surface area contributed by atoms with Crippen molar-refractivity contribution in [1.29, 1.82) is 0 Å². The minimum absolute atomic E-state index is 0.0995. The Morgan fingerprint density at radius 1 is 1.07 bits per heavy atom. The van der Waals surface area contributed by atoms with Gasteiger partial charge in [-0.3, -0.25) is 23.7 Å². The van der Waals surface area contributed by atoms with Crippen LogP contribution in [0.2, 0.25) is 0 Å². The number of halogens is 1. The zero-order valence-electron chi connectivity index (χ0n) is 23.1. The van der Waals surface area contributed by atoms with Crippen LogP contribution >= 0.6 is 22.7 Å². The standard InChI is InChI=1S/C27H30FN7O4S2/c1-31(2)25(38)26(39)33(4)20-12-17(28)6-5-16(20)11-18-13-29-23(40-18)21-22(36)24(37)35-15-19(41-27(35)30-21)14-34-9-7-32(3)8-10-34/h5-6,12-13,15,36H,7-11,14H2,1-4H3. The summed E-state index contributed by atoms with van der Waals surface area (Å²) in [5.41, 5.74) is 0.396. The molecule has 1 aromatic carbocycles. The van der Waals surface area contributed by atoms with Crippen molar-refractivity contribution in [2.45, 2.75) is 13.0 Å². The van der Waals surface area contributed by atoms with Crippen molar-refractivity contribution in [1.82, 2.24) is 29.1 Å². The van der Waals surface area contributed by atoms with Crippen molar-refractivity contribution in [2.75, 3.05) is 59.3 Å². The van der Waals surface area contributed by atoms with Gasteiger partial charge in [-0.15, -0.1) is 11.3 Å². The van der Waals surface area contributed by atoms with E-state index in [1.165, 1.54) is 60.4 Å². The van der Waals surface area contributed by atoms with Gasteiger partial charge >= 0.3 is 17.4 Å². The van der Waals surface area contributed by atoms with Crippen LogP contribution in [0, 0.1) is 5.82 Å². The maximum absolute atomic E-state index is 14.1. The molecule has 1 N–H and O–H groups in total. The predicted molar refractivity (Wildman–Crippen MR) is 156 cm³/mol. The summed E-state index contributed by atoms with van der Waals surface area (Å²) < 4.78 is 15.5. The molecule has 1 aliphatic rings. The van der Waals surface area contributed by atoms with Gasteiger partial charge in [0, 0.05) is 82.4 Å².